The maximum atomic E-state index is 5.86. The van der Waals surface area contributed by atoms with Crippen molar-refractivity contribution in [2.45, 2.75) is 45.7 Å². The predicted octanol–water partition coefficient (Wildman–Crippen LogP) is 1.37. The molecule has 3 heteroatoms. The van der Waals surface area contributed by atoms with Crippen LogP contribution in [-0.2, 0) is 4.74 Å². The van der Waals surface area contributed by atoms with Gasteiger partial charge in [0.2, 0.25) is 0 Å². The van der Waals surface area contributed by atoms with Crippen LogP contribution in [0.15, 0.2) is 0 Å². The Labute approximate surface area is 88.4 Å². The number of hydrogen-bond donors (Lipinski definition) is 2. The zero-order chi connectivity index (χ0) is 11.2. The third-order valence-corrected chi connectivity index (χ3v) is 3.02. The van der Waals surface area contributed by atoms with Crippen molar-refractivity contribution in [3.05, 3.63) is 0 Å². The molecule has 0 heterocycles. The van der Waals surface area contributed by atoms with E-state index in [4.69, 9.17) is 10.5 Å². The number of nitrogens with one attached hydrogen (secondary N) is 1. The van der Waals surface area contributed by atoms with Crippen molar-refractivity contribution >= 4 is 0 Å². The van der Waals surface area contributed by atoms with Crippen molar-refractivity contribution in [2.24, 2.45) is 11.7 Å². The average Bonchev–Trinajstić information content (AvgIpc) is 2.16. The van der Waals surface area contributed by atoms with E-state index >= 15 is 0 Å². The van der Waals surface area contributed by atoms with Crippen molar-refractivity contribution in [2.75, 3.05) is 20.3 Å². The van der Waals surface area contributed by atoms with E-state index in [-0.39, 0.29) is 5.54 Å². The van der Waals surface area contributed by atoms with Crippen molar-refractivity contribution in [3.63, 3.8) is 0 Å². The molecule has 0 aromatic rings. The molecule has 0 aliphatic heterocycles. The molecule has 3 nitrogen and oxygen atoms in total. The number of ether oxygens (including phenoxy) is 1. The molecule has 0 fully saturated rings. The van der Waals surface area contributed by atoms with E-state index < -0.39 is 0 Å². The van der Waals surface area contributed by atoms with Crippen LogP contribution in [0.3, 0.4) is 0 Å². The minimum Gasteiger partial charge on any atom is -0.383 e. The van der Waals surface area contributed by atoms with Gasteiger partial charge in [-0.05, 0) is 19.3 Å². The highest BCUT2D eigenvalue weighted by atomic mass is 16.5. The molecular formula is C11H26N2O. The van der Waals surface area contributed by atoms with Gasteiger partial charge in [0.25, 0.3) is 0 Å². The molecule has 0 aromatic heterocycles. The van der Waals surface area contributed by atoms with Crippen molar-refractivity contribution in [1.29, 1.82) is 0 Å². The molecule has 0 spiro atoms. The van der Waals surface area contributed by atoms with E-state index in [9.17, 15) is 0 Å². The van der Waals surface area contributed by atoms with Gasteiger partial charge in [-0.1, -0.05) is 20.8 Å². The highest BCUT2D eigenvalue weighted by Crippen LogP contribution is 2.17. The topological polar surface area (TPSA) is 47.3 Å². The Bertz CT molecular complexity index is 150. The molecule has 0 saturated carbocycles. The molecule has 0 aliphatic carbocycles. The summed E-state index contributed by atoms with van der Waals surface area (Å²) in [5.41, 5.74) is 5.78. The summed E-state index contributed by atoms with van der Waals surface area (Å²) in [6.45, 7) is 10.0. The second-order valence-electron chi connectivity index (χ2n) is 4.40. The molecule has 0 rings (SSSR count). The normalized spacial score (nSPS) is 18.2. The molecular weight excluding hydrogens is 176 g/mol. The van der Waals surface area contributed by atoms with Gasteiger partial charge in [-0.15, -0.1) is 0 Å². The first-order chi connectivity index (χ1) is 6.52. The van der Waals surface area contributed by atoms with Crippen molar-refractivity contribution in [3.8, 4) is 0 Å². The maximum absolute atomic E-state index is 5.86. The lowest BCUT2D eigenvalue weighted by Crippen LogP contribution is -2.60. The summed E-state index contributed by atoms with van der Waals surface area (Å²) < 4.78 is 5.26. The fourth-order valence-corrected chi connectivity index (χ4v) is 1.58. The fraction of sp³-hybridized carbons (Fsp3) is 1.00. The Kier molecular flexibility index (Phi) is 6.33. The van der Waals surface area contributed by atoms with Crippen LogP contribution in [0.2, 0.25) is 0 Å². The molecule has 0 bridgehead atoms. The van der Waals surface area contributed by atoms with Gasteiger partial charge in [-0.3, -0.25) is 0 Å². The van der Waals surface area contributed by atoms with Crippen LogP contribution in [0.4, 0.5) is 0 Å². The van der Waals surface area contributed by atoms with Crippen LogP contribution >= 0.6 is 0 Å². The monoisotopic (exact) mass is 202 g/mol. The third kappa shape index (κ3) is 3.56. The minimum atomic E-state index is -0.0792. The highest BCUT2D eigenvalue weighted by molar-refractivity contribution is 4.93. The smallest absolute Gasteiger partial charge is 0.0659 e. The SMILES string of the molecule is CCC(C)NC(CN)(COC)C(C)C. The lowest BCUT2D eigenvalue weighted by molar-refractivity contribution is 0.0752. The van der Waals surface area contributed by atoms with Gasteiger partial charge in [-0.25, -0.2) is 0 Å². The number of hydrogen-bond acceptors (Lipinski definition) is 3. The summed E-state index contributed by atoms with van der Waals surface area (Å²) in [7, 11) is 1.73. The first kappa shape index (κ1) is 13.9. The van der Waals surface area contributed by atoms with E-state index in [0.29, 0.717) is 25.1 Å². The van der Waals surface area contributed by atoms with E-state index in [0.717, 1.165) is 6.42 Å². The van der Waals surface area contributed by atoms with Crippen LogP contribution in [0.1, 0.15) is 34.1 Å². The first-order valence-corrected chi connectivity index (χ1v) is 5.49. The molecule has 0 radical (unpaired) electrons. The third-order valence-electron chi connectivity index (χ3n) is 3.02. The second-order valence-corrected chi connectivity index (χ2v) is 4.40. The molecule has 2 unspecified atom stereocenters. The summed E-state index contributed by atoms with van der Waals surface area (Å²) in [5.74, 6) is 0.474. The van der Waals surface area contributed by atoms with E-state index in [1.165, 1.54) is 0 Å². The van der Waals surface area contributed by atoms with Crippen LogP contribution < -0.4 is 11.1 Å². The summed E-state index contributed by atoms with van der Waals surface area (Å²) in [6.07, 6.45) is 1.11. The fourth-order valence-electron chi connectivity index (χ4n) is 1.58. The first-order valence-electron chi connectivity index (χ1n) is 5.49. The second kappa shape index (κ2) is 6.38. The maximum Gasteiger partial charge on any atom is 0.0659 e. The van der Waals surface area contributed by atoms with Crippen molar-refractivity contribution in [1.82, 2.24) is 5.32 Å². The summed E-state index contributed by atoms with van der Waals surface area (Å²) in [4.78, 5) is 0. The Hall–Kier alpha value is -0.120. The average molecular weight is 202 g/mol. The molecule has 14 heavy (non-hydrogen) atoms. The Morgan fingerprint density at radius 2 is 1.93 bits per heavy atom. The van der Waals surface area contributed by atoms with Gasteiger partial charge in [0.1, 0.15) is 0 Å². The number of methoxy groups -OCH3 is 1. The highest BCUT2D eigenvalue weighted by Gasteiger charge is 2.33. The summed E-state index contributed by atoms with van der Waals surface area (Å²) in [5, 5.41) is 3.58. The lowest BCUT2D eigenvalue weighted by Gasteiger charge is -2.39. The molecule has 86 valence electrons. The Balaban J connectivity index is 4.48. The predicted molar refractivity (Wildman–Crippen MR) is 61.4 cm³/mol. The van der Waals surface area contributed by atoms with Gasteiger partial charge in [0.05, 0.1) is 12.1 Å². The zero-order valence-electron chi connectivity index (χ0n) is 10.3. The Morgan fingerprint density at radius 3 is 2.21 bits per heavy atom. The molecule has 2 atom stereocenters. The molecule has 0 aromatic carbocycles. The van der Waals surface area contributed by atoms with E-state index in [1.807, 2.05) is 0 Å². The van der Waals surface area contributed by atoms with Gasteiger partial charge >= 0.3 is 0 Å². The lowest BCUT2D eigenvalue weighted by atomic mass is 9.86. The zero-order valence-corrected chi connectivity index (χ0v) is 10.3. The van der Waals surface area contributed by atoms with Gasteiger partial charge in [0, 0.05) is 19.7 Å². The standard InChI is InChI=1S/C11H26N2O/c1-6-10(4)13-11(7-12,8-14-5)9(2)3/h9-10,13H,6-8,12H2,1-5H3. The van der Waals surface area contributed by atoms with Gasteiger partial charge in [0.15, 0.2) is 0 Å². The van der Waals surface area contributed by atoms with Crippen LogP contribution in [0.25, 0.3) is 0 Å². The molecule has 0 saturated heterocycles. The van der Waals surface area contributed by atoms with Crippen LogP contribution in [-0.4, -0.2) is 31.8 Å². The quantitative estimate of drug-likeness (QED) is 0.655. The largest absolute Gasteiger partial charge is 0.383 e. The molecule has 3 N–H and O–H groups in total. The summed E-state index contributed by atoms with van der Waals surface area (Å²) in [6, 6.07) is 0.483. The van der Waals surface area contributed by atoms with Crippen molar-refractivity contribution < 1.29 is 4.74 Å². The number of rotatable bonds is 7. The van der Waals surface area contributed by atoms with Crippen LogP contribution in [0.5, 0.6) is 0 Å². The molecule has 0 aliphatic rings. The number of nitrogens with two attached hydrogens (primary N) is 1. The van der Waals surface area contributed by atoms with Gasteiger partial charge in [-0.2, -0.15) is 0 Å². The Morgan fingerprint density at radius 1 is 1.36 bits per heavy atom. The van der Waals surface area contributed by atoms with E-state index in [2.05, 4.69) is 33.0 Å². The molecule has 0 amide bonds. The van der Waals surface area contributed by atoms with Gasteiger partial charge < -0.3 is 15.8 Å². The minimum absolute atomic E-state index is 0.0792. The van der Waals surface area contributed by atoms with Crippen LogP contribution in [0, 0.1) is 5.92 Å². The summed E-state index contributed by atoms with van der Waals surface area (Å²) >= 11 is 0. The van der Waals surface area contributed by atoms with E-state index in [1.54, 1.807) is 7.11 Å².